The molecule has 2 heterocycles. The van der Waals surface area contributed by atoms with Crippen LogP contribution in [0, 0.1) is 0 Å². The standard InChI is InChI=1S/C16H18N2O3/c1-19-14-10-13(16(20-2)21-14)11-4-6-12(7-5-11)15-17-8-3-9-18-15/h3-9,13-14,16H,10H2,1-2H3. The Bertz CT molecular complexity index is 574. The van der Waals surface area contributed by atoms with Gasteiger partial charge in [-0.05, 0) is 11.6 Å². The molecule has 1 aromatic heterocycles. The lowest BCUT2D eigenvalue weighted by atomic mass is 9.95. The maximum absolute atomic E-state index is 5.67. The lowest BCUT2D eigenvalue weighted by Crippen LogP contribution is -2.17. The Balaban J connectivity index is 1.81. The molecule has 0 aliphatic carbocycles. The zero-order valence-corrected chi connectivity index (χ0v) is 12.1. The molecule has 2 aromatic rings. The maximum Gasteiger partial charge on any atom is 0.167 e. The molecule has 0 N–H and O–H groups in total. The number of rotatable bonds is 4. The minimum Gasteiger partial charge on any atom is -0.356 e. The summed E-state index contributed by atoms with van der Waals surface area (Å²) in [6.07, 6.45) is 3.79. The van der Waals surface area contributed by atoms with Crippen LogP contribution in [0.15, 0.2) is 42.7 Å². The van der Waals surface area contributed by atoms with E-state index in [0.717, 1.165) is 17.8 Å². The average molecular weight is 286 g/mol. The van der Waals surface area contributed by atoms with Crippen molar-refractivity contribution in [1.82, 2.24) is 9.97 Å². The minimum atomic E-state index is -0.270. The van der Waals surface area contributed by atoms with Gasteiger partial charge in [0, 0.05) is 44.5 Å². The van der Waals surface area contributed by atoms with Crippen LogP contribution in [0.2, 0.25) is 0 Å². The molecular weight excluding hydrogens is 268 g/mol. The topological polar surface area (TPSA) is 53.5 Å². The Morgan fingerprint density at radius 3 is 2.38 bits per heavy atom. The molecule has 1 aliphatic rings. The maximum atomic E-state index is 5.67. The predicted molar refractivity (Wildman–Crippen MR) is 77.5 cm³/mol. The molecule has 0 amide bonds. The first-order valence-corrected chi connectivity index (χ1v) is 6.90. The number of aromatic nitrogens is 2. The van der Waals surface area contributed by atoms with Gasteiger partial charge in [0.1, 0.15) is 0 Å². The largest absolute Gasteiger partial charge is 0.356 e. The fraction of sp³-hybridized carbons (Fsp3) is 0.375. The average Bonchev–Trinajstić information content (AvgIpc) is 2.99. The molecule has 3 rings (SSSR count). The lowest BCUT2D eigenvalue weighted by Gasteiger charge is -2.16. The minimum absolute atomic E-state index is 0.172. The number of ether oxygens (including phenoxy) is 3. The molecule has 0 spiro atoms. The Labute approximate surface area is 123 Å². The van der Waals surface area contributed by atoms with Crippen LogP contribution in [-0.2, 0) is 14.2 Å². The summed E-state index contributed by atoms with van der Waals surface area (Å²) in [5.74, 6) is 0.899. The Kier molecular flexibility index (Phi) is 4.24. The van der Waals surface area contributed by atoms with Gasteiger partial charge in [-0.3, -0.25) is 0 Å². The van der Waals surface area contributed by atoms with Crippen molar-refractivity contribution >= 4 is 0 Å². The van der Waals surface area contributed by atoms with Gasteiger partial charge in [0.15, 0.2) is 18.4 Å². The summed E-state index contributed by atoms with van der Waals surface area (Å²) >= 11 is 0. The molecule has 1 aliphatic heterocycles. The number of benzene rings is 1. The van der Waals surface area contributed by atoms with E-state index in [1.165, 1.54) is 5.56 Å². The van der Waals surface area contributed by atoms with E-state index in [2.05, 4.69) is 22.1 Å². The van der Waals surface area contributed by atoms with Crippen molar-refractivity contribution in [3.05, 3.63) is 48.3 Å². The zero-order chi connectivity index (χ0) is 14.7. The van der Waals surface area contributed by atoms with E-state index in [9.17, 15) is 0 Å². The van der Waals surface area contributed by atoms with Crippen molar-refractivity contribution in [3.8, 4) is 11.4 Å². The van der Waals surface area contributed by atoms with Crippen molar-refractivity contribution in [2.75, 3.05) is 14.2 Å². The molecule has 3 unspecified atom stereocenters. The van der Waals surface area contributed by atoms with Crippen LogP contribution in [0.5, 0.6) is 0 Å². The third-order valence-corrected chi connectivity index (χ3v) is 3.72. The molecule has 1 fully saturated rings. The summed E-state index contributed by atoms with van der Waals surface area (Å²) in [7, 11) is 3.30. The molecule has 5 heteroatoms. The normalized spacial score (nSPS) is 25.1. The van der Waals surface area contributed by atoms with E-state index in [1.807, 2.05) is 18.2 Å². The summed E-state index contributed by atoms with van der Waals surface area (Å²) in [5.41, 5.74) is 2.16. The van der Waals surface area contributed by atoms with E-state index >= 15 is 0 Å². The number of methoxy groups -OCH3 is 2. The van der Waals surface area contributed by atoms with Gasteiger partial charge < -0.3 is 14.2 Å². The summed E-state index contributed by atoms with van der Waals surface area (Å²) < 4.78 is 16.3. The van der Waals surface area contributed by atoms with Gasteiger partial charge in [-0.25, -0.2) is 9.97 Å². The van der Waals surface area contributed by atoms with E-state index < -0.39 is 0 Å². The van der Waals surface area contributed by atoms with Crippen LogP contribution in [0.4, 0.5) is 0 Å². The fourth-order valence-electron chi connectivity index (χ4n) is 2.61. The summed E-state index contributed by atoms with van der Waals surface area (Å²) in [6.45, 7) is 0. The predicted octanol–water partition coefficient (Wildman–Crippen LogP) is 2.59. The highest BCUT2D eigenvalue weighted by Crippen LogP contribution is 2.36. The SMILES string of the molecule is COC1CC(c2ccc(-c3ncccn3)cc2)C(OC)O1. The molecule has 5 nitrogen and oxygen atoms in total. The second-order valence-electron chi connectivity index (χ2n) is 4.94. The quantitative estimate of drug-likeness (QED) is 0.864. The zero-order valence-electron chi connectivity index (χ0n) is 12.1. The fourth-order valence-corrected chi connectivity index (χ4v) is 2.61. The highest BCUT2D eigenvalue weighted by atomic mass is 16.8. The van der Waals surface area contributed by atoms with Gasteiger partial charge in [-0.2, -0.15) is 0 Å². The van der Waals surface area contributed by atoms with Gasteiger partial charge >= 0.3 is 0 Å². The highest BCUT2D eigenvalue weighted by Gasteiger charge is 2.36. The Hall–Kier alpha value is -1.82. The smallest absolute Gasteiger partial charge is 0.167 e. The van der Waals surface area contributed by atoms with Gasteiger partial charge in [-0.1, -0.05) is 24.3 Å². The molecule has 0 radical (unpaired) electrons. The van der Waals surface area contributed by atoms with Crippen molar-refractivity contribution in [2.45, 2.75) is 24.9 Å². The number of hydrogen-bond acceptors (Lipinski definition) is 5. The number of nitrogens with zero attached hydrogens (tertiary/aromatic N) is 2. The molecular formula is C16H18N2O3. The van der Waals surface area contributed by atoms with Crippen LogP contribution in [0.3, 0.4) is 0 Å². The van der Waals surface area contributed by atoms with Crippen molar-refractivity contribution in [1.29, 1.82) is 0 Å². The molecule has 21 heavy (non-hydrogen) atoms. The van der Waals surface area contributed by atoms with Crippen molar-refractivity contribution in [2.24, 2.45) is 0 Å². The van der Waals surface area contributed by atoms with Crippen LogP contribution in [-0.4, -0.2) is 36.8 Å². The molecule has 0 bridgehead atoms. The first-order chi connectivity index (χ1) is 10.3. The molecule has 3 atom stereocenters. The van der Waals surface area contributed by atoms with Crippen LogP contribution in [0.25, 0.3) is 11.4 Å². The molecule has 0 saturated carbocycles. The van der Waals surface area contributed by atoms with E-state index in [1.54, 1.807) is 26.6 Å². The third-order valence-electron chi connectivity index (χ3n) is 3.72. The lowest BCUT2D eigenvalue weighted by molar-refractivity contribution is -0.188. The number of hydrogen-bond donors (Lipinski definition) is 0. The monoisotopic (exact) mass is 286 g/mol. The molecule has 1 aromatic carbocycles. The highest BCUT2D eigenvalue weighted by molar-refractivity contribution is 5.55. The van der Waals surface area contributed by atoms with E-state index in [4.69, 9.17) is 14.2 Å². The Morgan fingerprint density at radius 2 is 1.76 bits per heavy atom. The second-order valence-corrected chi connectivity index (χ2v) is 4.94. The first-order valence-electron chi connectivity index (χ1n) is 6.90. The van der Waals surface area contributed by atoms with Gasteiger partial charge in [0.2, 0.25) is 0 Å². The van der Waals surface area contributed by atoms with Crippen molar-refractivity contribution < 1.29 is 14.2 Å². The second kappa shape index (κ2) is 6.30. The van der Waals surface area contributed by atoms with Gasteiger partial charge in [-0.15, -0.1) is 0 Å². The van der Waals surface area contributed by atoms with Crippen molar-refractivity contribution in [3.63, 3.8) is 0 Å². The third kappa shape index (κ3) is 2.95. The summed E-state index contributed by atoms with van der Waals surface area (Å²) in [6, 6.07) is 10.0. The van der Waals surface area contributed by atoms with Crippen LogP contribution >= 0.6 is 0 Å². The molecule has 1 saturated heterocycles. The first kappa shape index (κ1) is 14.1. The summed E-state index contributed by atoms with van der Waals surface area (Å²) in [4.78, 5) is 8.50. The molecule has 110 valence electrons. The van der Waals surface area contributed by atoms with E-state index in [0.29, 0.717) is 0 Å². The van der Waals surface area contributed by atoms with Gasteiger partial charge in [0.25, 0.3) is 0 Å². The van der Waals surface area contributed by atoms with Crippen LogP contribution in [0.1, 0.15) is 17.9 Å². The Morgan fingerprint density at radius 1 is 1.05 bits per heavy atom. The summed E-state index contributed by atoms with van der Waals surface area (Å²) in [5, 5.41) is 0. The van der Waals surface area contributed by atoms with Crippen LogP contribution < -0.4 is 0 Å². The van der Waals surface area contributed by atoms with E-state index in [-0.39, 0.29) is 18.5 Å². The van der Waals surface area contributed by atoms with Gasteiger partial charge in [0.05, 0.1) is 0 Å².